The Morgan fingerprint density at radius 1 is 1.50 bits per heavy atom. The molecule has 0 aliphatic carbocycles. The first-order chi connectivity index (χ1) is 7.46. The Hall–Kier alpha value is -0.380. The highest BCUT2D eigenvalue weighted by Gasteiger charge is 2.19. The van der Waals surface area contributed by atoms with E-state index in [9.17, 15) is 0 Å². The average molecular weight is 241 g/mol. The molecule has 1 heterocycles. The lowest BCUT2D eigenvalue weighted by atomic mass is 9.89. The van der Waals surface area contributed by atoms with Crippen LogP contribution in [0.25, 0.3) is 0 Å². The fourth-order valence-corrected chi connectivity index (χ4v) is 2.70. The van der Waals surface area contributed by atoms with Crippen LogP contribution in [0.15, 0.2) is 11.4 Å². The molecule has 2 N–H and O–H groups in total. The van der Waals surface area contributed by atoms with Gasteiger partial charge in [0.2, 0.25) is 0 Å². The van der Waals surface area contributed by atoms with Crippen molar-refractivity contribution in [3.63, 3.8) is 0 Å². The molecule has 0 aromatic carbocycles. The standard InChI is InChI=1S/C13H23NOS/c1-10-5-8-16-12(10)11(2)14-9-13(3,4)6-7-15/h5,8,11,14-15H,6-7,9H2,1-4H3. The summed E-state index contributed by atoms with van der Waals surface area (Å²) >= 11 is 1.81. The highest BCUT2D eigenvalue weighted by molar-refractivity contribution is 7.10. The number of aryl methyl sites for hydroxylation is 1. The average Bonchev–Trinajstić information content (AvgIpc) is 2.61. The number of nitrogens with one attached hydrogen (secondary N) is 1. The Morgan fingerprint density at radius 2 is 2.19 bits per heavy atom. The third-order valence-electron chi connectivity index (χ3n) is 2.97. The van der Waals surface area contributed by atoms with Crippen molar-refractivity contribution in [2.45, 2.75) is 40.2 Å². The van der Waals surface area contributed by atoms with Crippen LogP contribution < -0.4 is 5.32 Å². The van der Waals surface area contributed by atoms with Crippen LogP contribution in [-0.4, -0.2) is 18.3 Å². The van der Waals surface area contributed by atoms with E-state index >= 15 is 0 Å². The SMILES string of the molecule is Cc1ccsc1C(C)NCC(C)(C)CCO. The van der Waals surface area contributed by atoms with Gasteiger partial charge < -0.3 is 10.4 Å². The van der Waals surface area contributed by atoms with E-state index in [0.29, 0.717) is 6.04 Å². The third-order valence-corrected chi connectivity index (χ3v) is 4.17. The van der Waals surface area contributed by atoms with Gasteiger partial charge in [0, 0.05) is 24.1 Å². The largest absolute Gasteiger partial charge is 0.396 e. The molecular weight excluding hydrogens is 218 g/mol. The van der Waals surface area contributed by atoms with Crippen molar-refractivity contribution in [1.82, 2.24) is 5.32 Å². The number of thiophene rings is 1. The summed E-state index contributed by atoms with van der Waals surface area (Å²) in [6.45, 7) is 9.93. The van der Waals surface area contributed by atoms with Gasteiger partial charge in [0.25, 0.3) is 0 Å². The fraction of sp³-hybridized carbons (Fsp3) is 0.692. The molecule has 16 heavy (non-hydrogen) atoms. The summed E-state index contributed by atoms with van der Waals surface area (Å²) in [5, 5.41) is 14.7. The van der Waals surface area contributed by atoms with Crippen LogP contribution >= 0.6 is 11.3 Å². The number of hydrogen-bond donors (Lipinski definition) is 2. The van der Waals surface area contributed by atoms with Crippen molar-refractivity contribution < 1.29 is 5.11 Å². The molecule has 1 unspecified atom stereocenters. The second kappa shape index (κ2) is 5.80. The van der Waals surface area contributed by atoms with Gasteiger partial charge in [-0.2, -0.15) is 0 Å². The van der Waals surface area contributed by atoms with Crippen LogP contribution in [0.3, 0.4) is 0 Å². The number of rotatable bonds is 6. The van der Waals surface area contributed by atoms with Crippen LogP contribution in [0.2, 0.25) is 0 Å². The Kier molecular flexibility index (Phi) is 4.96. The van der Waals surface area contributed by atoms with Crippen molar-refractivity contribution in [1.29, 1.82) is 0 Å². The van der Waals surface area contributed by atoms with Gasteiger partial charge in [-0.25, -0.2) is 0 Å². The maximum absolute atomic E-state index is 8.97. The summed E-state index contributed by atoms with van der Waals surface area (Å²) in [6.07, 6.45) is 0.843. The zero-order valence-corrected chi connectivity index (χ0v) is 11.5. The van der Waals surface area contributed by atoms with Crippen molar-refractivity contribution in [2.24, 2.45) is 5.41 Å². The van der Waals surface area contributed by atoms with Gasteiger partial charge in [-0.1, -0.05) is 13.8 Å². The van der Waals surface area contributed by atoms with Crippen LogP contribution in [0, 0.1) is 12.3 Å². The van der Waals surface area contributed by atoms with E-state index in [1.165, 1.54) is 10.4 Å². The molecule has 0 saturated heterocycles. The zero-order chi connectivity index (χ0) is 12.2. The van der Waals surface area contributed by atoms with E-state index in [-0.39, 0.29) is 12.0 Å². The molecule has 1 atom stereocenters. The van der Waals surface area contributed by atoms with Crippen molar-refractivity contribution in [3.05, 3.63) is 21.9 Å². The van der Waals surface area contributed by atoms with Crippen LogP contribution in [0.5, 0.6) is 0 Å². The van der Waals surface area contributed by atoms with Gasteiger partial charge in [0.1, 0.15) is 0 Å². The molecule has 0 spiro atoms. The second-order valence-corrected chi connectivity index (χ2v) is 6.16. The second-order valence-electron chi connectivity index (χ2n) is 5.21. The smallest absolute Gasteiger partial charge is 0.0436 e. The number of aliphatic hydroxyl groups is 1. The fourth-order valence-electron chi connectivity index (χ4n) is 1.74. The molecule has 1 aromatic rings. The van der Waals surface area contributed by atoms with E-state index in [0.717, 1.165) is 13.0 Å². The maximum Gasteiger partial charge on any atom is 0.0436 e. The summed E-state index contributed by atoms with van der Waals surface area (Å²) < 4.78 is 0. The topological polar surface area (TPSA) is 32.3 Å². The van der Waals surface area contributed by atoms with Crippen molar-refractivity contribution >= 4 is 11.3 Å². The summed E-state index contributed by atoms with van der Waals surface area (Å²) in [4.78, 5) is 1.42. The van der Waals surface area contributed by atoms with Gasteiger partial charge in [-0.05, 0) is 42.7 Å². The minimum Gasteiger partial charge on any atom is -0.396 e. The van der Waals surface area contributed by atoms with Gasteiger partial charge in [0.15, 0.2) is 0 Å². The van der Waals surface area contributed by atoms with Gasteiger partial charge in [-0.15, -0.1) is 11.3 Å². The van der Waals surface area contributed by atoms with E-state index in [4.69, 9.17) is 5.11 Å². The van der Waals surface area contributed by atoms with Crippen LogP contribution in [0.4, 0.5) is 0 Å². The first kappa shape index (κ1) is 13.7. The molecule has 0 aliphatic heterocycles. The van der Waals surface area contributed by atoms with E-state index in [2.05, 4.69) is 44.5 Å². The monoisotopic (exact) mass is 241 g/mol. The maximum atomic E-state index is 8.97. The molecule has 0 fully saturated rings. The highest BCUT2D eigenvalue weighted by Crippen LogP contribution is 2.25. The molecule has 1 aromatic heterocycles. The zero-order valence-electron chi connectivity index (χ0n) is 10.7. The van der Waals surface area contributed by atoms with Crippen LogP contribution in [0.1, 0.15) is 43.7 Å². The molecule has 3 heteroatoms. The summed E-state index contributed by atoms with van der Waals surface area (Å²) in [6, 6.07) is 2.56. The van der Waals surface area contributed by atoms with Gasteiger partial charge >= 0.3 is 0 Å². The molecule has 0 saturated carbocycles. The minimum absolute atomic E-state index is 0.161. The van der Waals surface area contributed by atoms with Crippen molar-refractivity contribution in [2.75, 3.05) is 13.2 Å². The molecule has 0 bridgehead atoms. The first-order valence-corrected chi connectivity index (χ1v) is 6.72. The summed E-state index contributed by atoms with van der Waals surface area (Å²) in [7, 11) is 0. The van der Waals surface area contributed by atoms with E-state index in [1.54, 1.807) is 0 Å². The molecule has 0 radical (unpaired) electrons. The molecular formula is C13H23NOS. The normalized spacial score (nSPS) is 14.1. The molecule has 1 rings (SSSR count). The first-order valence-electron chi connectivity index (χ1n) is 5.84. The number of hydrogen-bond acceptors (Lipinski definition) is 3. The Morgan fingerprint density at radius 3 is 2.69 bits per heavy atom. The molecule has 0 aliphatic rings. The molecule has 0 amide bonds. The Balaban J connectivity index is 2.47. The summed E-state index contributed by atoms with van der Waals surface area (Å²) in [5.74, 6) is 0. The van der Waals surface area contributed by atoms with Gasteiger partial charge in [-0.3, -0.25) is 0 Å². The van der Waals surface area contributed by atoms with Crippen molar-refractivity contribution in [3.8, 4) is 0 Å². The predicted octanol–water partition coefficient (Wildman–Crippen LogP) is 3.12. The minimum atomic E-state index is 0.161. The third kappa shape index (κ3) is 3.89. The Bertz CT molecular complexity index is 319. The quantitative estimate of drug-likeness (QED) is 0.802. The molecule has 2 nitrogen and oxygen atoms in total. The van der Waals surface area contributed by atoms with Gasteiger partial charge in [0.05, 0.1) is 0 Å². The number of aliphatic hydroxyl groups excluding tert-OH is 1. The lowest BCUT2D eigenvalue weighted by molar-refractivity contribution is 0.204. The van der Waals surface area contributed by atoms with E-state index < -0.39 is 0 Å². The lowest BCUT2D eigenvalue weighted by Crippen LogP contribution is -2.31. The summed E-state index contributed by atoms with van der Waals surface area (Å²) in [5.41, 5.74) is 1.53. The highest BCUT2D eigenvalue weighted by atomic mass is 32.1. The molecule has 92 valence electrons. The van der Waals surface area contributed by atoms with E-state index in [1.807, 2.05) is 11.3 Å². The lowest BCUT2D eigenvalue weighted by Gasteiger charge is -2.26. The Labute approximate surface area is 103 Å². The predicted molar refractivity (Wildman–Crippen MR) is 71.0 cm³/mol. The van der Waals surface area contributed by atoms with Crippen LogP contribution in [-0.2, 0) is 0 Å².